The van der Waals surface area contributed by atoms with Crippen molar-refractivity contribution < 1.29 is 0 Å². The van der Waals surface area contributed by atoms with E-state index >= 15 is 0 Å². The summed E-state index contributed by atoms with van der Waals surface area (Å²) in [5, 5.41) is 4.57. The molecule has 1 rings (SSSR count). The lowest BCUT2D eigenvalue weighted by Crippen LogP contribution is -2.26. The summed E-state index contributed by atoms with van der Waals surface area (Å²) in [7, 11) is 0. The molecule has 1 aliphatic carbocycles. The first-order valence-electron chi connectivity index (χ1n) is 6.36. The molecule has 1 atom stereocenters. The topological polar surface area (TPSA) is 50.4 Å². The molecule has 92 valence electrons. The molecule has 0 aromatic carbocycles. The van der Waals surface area contributed by atoms with E-state index in [2.05, 4.69) is 17.5 Å². The summed E-state index contributed by atoms with van der Waals surface area (Å²) in [6.45, 7) is 2.24. The van der Waals surface area contributed by atoms with Gasteiger partial charge in [-0.2, -0.15) is 5.10 Å². The van der Waals surface area contributed by atoms with Gasteiger partial charge in [-0.3, -0.25) is 5.43 Å². The standard InChI is InChI=1S/C12H23N3S/c1-2-3-4-5-7-10-8-6-9-11(10)14-15-12(13)16/h10H,2-9H2,1H3,(H3,13,15,16)/b14-11-/t10-/m0/s1. The zero-order chi connectivity index (χ0) is 11.8. The van der Waals surface area contributed by atoms with Crippen LogP contribution in [0.1, 0.15) is 58.3 Å². The van der Waals surface area contributed by atoms with Crippen LogP contribution < -0.4 is 11.2 Å². The van der Waals surface area contributed by atoms with Gasteiger partial charge in [0.2, 0.25) is 0 Å². The third-order valence-electron chi connectivity index (χ3n) is 3.17. The van der Waals surface area contributed by atoms with Crippen molar-refractivity contribution in [2.24, 2.45) is 16.8 Å². The summed E-state index contributed by atoms with van der Waals surface area (Å²) < 4.78 is 0. The number of hydrazone groups is 1. The molecular formula is C12H23N3S. The predicted octanol–water partition coefficient (Wildman–Crippen LogP) is 2.95. The maximum atomic E-state index is 5.37. The van der Waals surface area contributed by atoms with Crippen LogP contribution in [0.2, 0.25) is 0 Å². The average molecular weight is 241 g/mol. The Morgan fingerprint density at radius 1 is 1.50 bits per heavy atom. The van der Waals surface area contributed by atoms with Gasteiger partial charge in [-0.15, -0.1) is 0 Å². The molecule has 0 radical (unpaired) electrons. The third-order valence-corrected chi connectivity index (χ3v) is 3.26. The SMILES string of the molecule is CCCCCC[C@H]1CCC/C1=N/NC(N)=S. The van der Waals surface area contributed by atoms with Crippen molar-refractivity contribution in [3.05, 3.63) is 0 Å². The molecule has 4 heteroatoms. The number of nitrogens with two attached hydrogens (primary N) is 1. The monoisotopic (exact) mass is 241 g/mol. The number of hydrogen-bond acceptors (Lipinski definition) is 2. The van der Waals surface area contributed by atoms with Crippen LogP contribution in [0.25, 0.3) is 0 Å². The first-order chi connectivity index (χ1) is 7.74. The van der Waals surface area contributed by atoms with Gasteiger partial charge >= 0.3 is 0 Å². The number of rotatable bonds is 6. The quantitative estimate of drug-likeness (QED) is 0.427. The van der Waals surface area contributed by atoms with E-state index in [1.165, 1.54) is 50.7 Å². The molecule has 0 spiro atoms. The summed E-state index contributed by atoms with van der Waals surface area (Å²) >= 11 is 4.75. The van der Waals surface area contributed by atoms with Crippen LogP contribution >= 0.6 is 12.2 Å². The normalized spacial score (nSPS) is 22.6. The van der Waals surface area contributed by atoms with E-state index in [1.807, 2.05) is 0 Å². The minimum absolute atomic E-state index is 0.268. The molecule has 0 aromatic heterocycles. The Morgan fingerprint density at radius 3 is 3.00 bits per heavy atom. The molecule has 16 heavy (non-hydrogen) atoms. The smallest absolute Gasteiger partial charge is 0.184 e. The Morgan fingerprint density at radius 2 is 2.31 bits per heavy atom. The van der Waals surface area contributed by atoms with E-state index in [4.69, 9.17) is 18.0 Å². The highest BCUT2D eigenvalue weighted by atomic mass is 32.1. The van der Waals surface area contributed by atoms with Gasteiger partial charge in [0.25, 0.3) is 0 Å². The van der Waals surface area contributed by atoms with Gasteiger partial charge in [0.05, 0.1) is 0 Å². The van der Waals surface area contributed by atoms with E-state index in [0.29, 0.717) is 5.92 Å². The van der Waals surface area contributed by atoms with Crippen molar-refractivity contribution in [3.8, 4) is 0 Å². The Bertz CT molecular complexity index is 251. The van der Waals surface area contributed by atoms with Crippen molar-refractivity contribution in [2.45, 2.75) is 58.3 Å². The zero-order valence-corrected chi connectivity index (χ0v) is 11.0. The minimum atomic E-state index is 0.268. The molecule has 0 aliphatic heterocycles. The maximum absolute atomic E-state index is 5.37. The van der Waals surface area contributed by atoms with Crippen molar-refractivity contribution in [1.29, 1.82) is 0 Å². The maximum Gasteiger partial charge on any atom is 0.184 e. The fraction of sp³-hybridized carbons (Fsp3) is 0.833. The molecule has 1 saturated carbocycles. The van der Waals surface area contributed by atoms with Crippen LogP contribution in [0.4, 0.5) is 0 Å². The molecule has 0 heterocycles. The molecular weight excluding hydrogens is 218 g/mol. The summed E-state index contributed by atoms with van der Waals surface area (Å²) in [6.07, 6.45) is 10.2. The van der Waals surface area contributed by atoms with Crippen LogP contribution in [-0.2, 0) is 0 Å². The molecule has 3 nitrogen and oxygen atoms in total. The van der Waals surface area contributed by atoms with Crippen LogP contribution in [0.3, 0.4) is 0 Å². The molecule has 0 unspecified atom stereocenters. The Hall–Kier alpha value is -0.640. The van der Waals surface area contributed by atoms with E-state index in [0.717, 1.165) is 6.42 Å². The summed E-state index contributed by atoms with van der Waals surface area (Å²) in [5.74, 6) is 0.665. The highest BCUT2D eigenvalue weighted by Crippen LogP contribution is 2.27. The molecule has 3 N–H and O–H groups in total. The van der Waals surface area contributed by atoms with Crippen LogP contribution in [0.15, 0.2) is 5.10 Å². The minimum Gasteiger partial charge on any atom is -0.375 e. The van der Waals surface area contributed by atoms with E-state index in [1.54, 1.807) is 0 Å². The Balaban J connectivity index is 2.28. The number of unbranched alkanes of at least 4 members (excludes halogenated alkanes) is 3. The van der Waals surface area contributed by atoms with Gasteiger partial charge in [0, 0.05) is 5.71 Å². The van der Waals surface area contributed by atoms with Crippen LogP contribution in [0, 0.1) is 5.92 Å². The lowest BCUT2D eigenvalue weighted by atomic mass is 9.98. The lowest BCUT2D eigenvalue weighted by Gasteiger charge is -2.10. The molecule has 0 saturated heterocycles. The van der Waals surface area contributed by atoms with Crippen LogP contribution in [0.5, 0.6) is 0 Å². The summed E-state index contributed by atoms with van der Waals surface area (Å²) in [4.78, 5) is 0. The van der Waals surface area contributed by atoms with Gasteiger partial charge < -0.3 is 5.73 Å². The molecule has 0 amide bonds. The summed E-state index contributed by atoms with van der Waals surface area (Å²) in [6, 6.07) is 0. The molecule has 0 aromatic rings. The molecule has 1 fully saturated rings. The van der Waals surface area contributed by atoms with Crippen molar-refractivity contribution in [2.75, 3.05) is 0 Å². The van der Waals surface area contributed by atoms with Gasteiger partial charge in [-0.25, -0.2) is 0 Å². The highest BCUT2D eigenvalue weighted by molar-refractivity contribution is 7.80. The number of nitrogens with one attached hydrogen (secondary N) is 1. The van der Waals surface area contributed by atoms with Crippen molar-refractivity contribution in [1.82, 2.24) is 5.43 Å². The molecule has 1 aliphatic rings. The second kappa shape index (κ2) is 7.60. The highest BCUT2D eigenvalue weighted by Gasteiger charge is 2.21. The Labute approximate surface area is 104 Å². The van der Waals surface area contributed by atoms with E-state index in [-0.39, 0.29) is 5.11 Å². The number of hydrogen-bond donors (Lipinski definition) is 2. The van der Waals surface area contributed by atoms with E-state index < -0.39 is 0 Å². The van der Waals surface area contributed by atoms with Gasteiger partial charge in [0.15, 0.2) is 5.11 Å². The first kappa shape index (κ1) is 13.4. The third kappa shape index (κ3) is 4.92. The van der Waals surface area contributed by atoms with Crippen molar-refractivity contribution in [3.63, 3.8) is 0 Å². The fourth-order valence-corrected chi connectivity index (χ4v) is 2.35. The predicted molar refractivity (Wildman–Crippen MR) is 73.5 cm³/mol. The number of nitrogens with zero attached hydrogens (tertiary/aromatic N) is 1. The number of thiocarbonyl (C=S) groups is 1. The Kier molecular flexibility index (Phi) is 6.38. The van der Waals surface area contributed by atoms with Gasteiger partial charge in [-0.05, 0) is 43.8 Å². The zero-order valence-electron chi connectivity index (χ0n) is 10.2. The first-order valence-corrected chi connectivity index (χ1v) is 6.76. The fourth-order valence-electron chi connectivity index (χ4n) is 2.30. The second-order valence-electron chi connectivity index (χ2n) is 4.52. The summed E-state index contributed by atoms with van der Waals surface area (Å²) in [5.41, 5.74) is 9.35. The van der Waals surface area contributed by atoms with Crippen LogP contribution in [-0.4, -0.2) is 10.8 Å². The lowest BCUT2D eigenvalue weighted by molar-refractivity contribution is 0.543. The van der Waals surface area contributed by atoms with Crippen molar-refractivity contribution >= 4 is 23.0 Å². The van der Waals surface area contributed by atoms with Gasteiger partial charge in [0.1, 0.15) is 0 Å². The molecule has 0 bridgehead atoms. The van der Waals surface area contributed by atoms with E-state index in [9.17, 15) is 0 Å². The largest absolute Gasteiger partial charge is 0.375 e. The van der Waals surface area contributed by atoms with Gasteiger partial charge in [-0.1, -0.05) is 32.6 Å². The second-order valence-corrected chi connectivity index (χ2v) is 4.96. The average Bonchev–Trinajstić information content (AvgIpc) is 2.69.